The Kier molecular flexibility index (Phi) is 6.07. The fourth-order valence-corrected chi connectivity index (χ4v) is 4.81. The maximum atomic E-state index is 14.1. The predicted molar refractivity (Wildman–Crippen MR) is 149 cm³/mol. The van der Waals surface area contributed by atoms with Gasteiger partial charge in [0.15, 0.2) is 11.5 Å². The number of carbonyl (C=O) groups is 1. The Labute approximate surface area is 225 Å². The summed E-state index contributed by atoms with van der Waals surface area (Å²) in [6, 6.07) is 15.5. The molecular weight excluding hydrogens is 512 g/mol. The van der Waals surface area contributed by atoms with Gasteiger partial charge >= 0.3 is 0 Å². The molecule has 0 aliphatic carbocycles. The van der Waals surface area contributed by atoms with Crippen molar-refractivity contribution in [1.82, 2.24) is 34.4 Å². The summed E-state index contributed by atoms with van der Waals surface area (Å²) in [5, 5.41) is 9.30. The third-order valence-corrected chi connectivity index (χ3v) is 6.67. The Morgan fingerprint density at radius 2 is 1.92 bits per heavy atom. The number of hydrogen-bond donors (Lipinski definition) is 2. The molecule has 0 fully saturated rings. The van der Waals surface area contributed by atoms with Gasteiger partial charge in [-0.15, -0.1) is 16.4 Å². The number of thiazole rings is 1. The molecule has 0 radical (unpaired) electrons. The number of benzene rings is 2. The topological polar surface area (TPSA) is 133 Å². The van der Waals surface area contributed by atoms with Crippen LogP contribution in [-0.4, -0.2) is 35.0 Å². The van der Waals surface area contributed by atoms with Gasteiger partial charge in [-0.05, 0) is 43.2 Å². The number of nitrogens with two attached hydrogens (primary N) is 1. The lowest BCUT2D eigenvalue weighted by Gasteiger charge is -2.20. The Hall–Kier alpha value is -5.34. The van der Waals surface area contributed by atoms with Crippen LogP contribution in [-0.2, 0) is 0 Å². The molecule has 10 nitrogen and oxygen atoms in total. The van der Waals surface area contributed by atoms with Gasteiger partial charge in [0.1, 0.15) is 17.1 Å². The van der Waals surface area contributed by atoms with E-state index in [9.17, 15) is 9.59 Å². The third-order valence-electron chi connectivity index (χ3n) is 6.08. The average Bonchev–Trinajstić information content (AvgIpc) is 3.59. The summed E-state index contributed by atoms with van der Waals surface area (Å²) >= 11 is 1.45. The van der Waals surface area contributed by atoms with Gasteiger partial charge in [0, 0.05) is 23.3 Å². The minimum Gasteiger partial charge on any atom is -0.381 e. The van der Waals surface area contributed by atoms with Gasteiger partial charge in [0.25, 0.3) is 11.5 Å². The molecule has 3 N–H and O–H groups in total. The Morgan fingerprint density at radius 1 is 1.08 bits per heavy atom. The molecule has 6 rings (SSSR count). The summed E-state index contributed by atoms with van der Waals surface area (Å²) in [7, 11) is 0. The van der Waals surface area contributed by atoms with E-state index in [-0.39, 0.29) is 16.9 Å². The average molecular weight is 533 g/mol. The molecule has 4 heterocycles. The van der Waals surface area contributed by atoms with Crippen LogP contribution in [0.4, 0.5) is 5.82 Å². The van der Waals surface area contributed by atoms with Gasteiger partial charge in [0.05, 0.1) is 28.1 Å². The van der Waals surface area contributed by atoms with Crippen molar-refractivity contribution in [3.63, 3.8) is 0 Å². The van der Waals surface area contributed by atoms with Crippen LogP contribution in [0, 0.1) is 11.8 Å². The third kappa shape index (κ3) is 4.39. The Morgan fingerprint density at radius 3 is 2.72 bits per heavy atom. The normalized spacial score (nSPS) is 11.7. The van der Waals surface area contributed by atoms with E-state index >= 15 is 0 Å². The number of fused-ring (bicyclic) bond motifs is 2. The summed E-state index contributed by atoms with van der Waals surface area (Å²) in [5.74, 6) is 6.00. The SMILES string of the molecule is CC(NC(=O)c1c(N)nn2cccnc12)c1nc2cccc(C#Cc3cscn3)c2c(=O)n1-c1ccccc1. The number of anilines is 1. The van der Waals surface area contributed by atoms with Gasteiger partial charge in [-0.2, -0.15) is 0 Å². The smallest absolute Gasteiger partial charge is 0.267 e. The highest BCUT2D eigenvalue weighted by atomic mass is 32.1. The van der Waals surface area contributed by atoms with Crippen molar-refractivity contribution in [2.75, 3.05) is 5.73 Å². The molecule has 0 bridgehead atoms. The first kappa shape index (κ1) is 24.0. The molecular formula is C28H20N8O2S. The van der Waals surface area contributed by atoms with E-state index < -0.39 is 11.9 Å². The first-order valence-corrected chi connectivity index (χ1v) is 12.9. The zero-order valence-corrected chi connectivity index (χ0v) is 21.4. The van der Waals surface area contributed by atoms with Gasteiger partial charge in [-0.25, -0.2) is 19.5 Å². The number of nitrogen functional groups attached to an aromatic ring is 1. The summed E-state index contributed by atoms with van der Waals surface area (Å²) < 4.78 is 2.94. The number of carbonyl (C=O) groups excluding carboxylic acids is 1. The maximum Gasteiger partial charge on any atom is 0.267 e. The highest BCUT2D eigenvalue weighted by Crippen LogP contribution is 2.22. The summed E-state index contributed by atoms with van der Waals surface area (Å²) in [6.07, 6.45) is 3.22. The van der Waals surface area contributed by atoms with Gasteiger partial charge < -0.3 is 11.1 Å². The lowest BCUT2D eigenvalue weighted by molar-refractivity contribution is 0.0940. The van der Waals surface area contributed by atoms with Crippen molar-refractivity contribution in [3.05, 3.63) is 111 Å². The first-order chi connectivity index (χ1) is 19.0. The second-order valence-corrected chi connectivity index (χ2v) is 9.33. The highest BCUT2D eigenvalue weighted by molar-refractivity contribution is 7.07. The number of nitrogens with zero attached hydrogens (tertiary/aromatic N) is 6. The molecule has 1 unspecified atom stereocenters. The van der Waals surface area contributed by atoms with E-state index in [4.69, 9.17) is 10.7 Å². The number of para-hydroxylation sites is 1. The van der Waals surface area contributed by atoms with Crippen LogP contribution in [0.3, 0.4) is 0 Å². The van der Waals surface area contributed by atoms with Crippen molar-refractivity contribution in [1.29, 1.82) is 0 Å². The summed E-state index contributed by atoms with van der Waals surface area (Å²) in [5.41, 5.74) is 10.2. The number of amides is 1. The highest BCUT2D eigenvalue weighted by Gasteiger charge is 2.24. The second-order valence-electron chi connectivity index (χ2n) is 8.61. The molecule has 0 saturated carbocycles. The predicted octanol–water partition coefficient (Wildman–Crippen LogP) is 3.36. The van der Waals surface area contributed by atoms with Crippen molar-refractivity contribution < 1.29 is 4.79 Å². The minimum atomic E-state index is -0.683. The van der Waals surface area contributed by atoms with Crippen LogP contribution in [0.2, 0.25) is 0 Å². The van der Waals surface area contributed by atoms with Crippen LogP contribution >= 0.6 is 11.3 Å². The summed E-state index contributed by atoms with van der Waals surface area (Å²) in [6.45, 7) is 1.76. The lowest BCUT2D eigenvalue weighted by Crippen LogP contribution is -2.33. The van der Waals surface area contributed by atoms with Crippen molar-refractivity contribution in [2.24, 2.45) is 0 Å². The fraction of sp³-hybridized carbons (Fsp3) is 0.0714. The van der Waals surface area contributed by atoms with Crippen LogP contribution in [0.5, 0.6) is 0 Å². The van der Waals surface area contributed by atoms with Gasteiger partial charge in [-0.3, -0.25) is 14.2 Å². The van der Waals surface area contributed by atoms with Gasteiger partial charge in [0.2, 0.25) is 0 Å². The summed E-state index contributed by atoms with van der Waals surface area (Å²) in [4.78, 5) is 40.7. The molecule has 0 saturated heterocycles. The molecule has 4 aromatic heterocycles. The van der Waals surface area contributed by atoms with Crippen LogP contribution in [0.1, 0.15) is 40.4 Å². The Bertz CT molecular complexity index is 1970. The number of aromatic nitrogens is 6. The van der Waals surface area contributed by atoms with Crippen LogP contribution in [0.25, 0.3) is 22.2 Å². The minimum absolute atomic E-state index is 0.0497. The molecule has 190 valence electrons. The number of nitrogens with one attached hydrogen (secondary N) is 1. The maximum absolute atomic E-state index is 14.1. The zero-order valence-electron chi connectivity index (χ0n) is 20.6. The molecule has 11 heteroatoms. The molecule has 1 amide bonds. The lowest BCUT2D eigenvalue weighted by atomic mass is 10.1. The molecule has 2 aromatic carbocycles. The Balaban J connectivity index is 1.48. The molecule has 0 aliphatic rings. The molecule has 1 atom stereocenters. The quantitative estimate of drug-likeness (QED) is 0.333. The fourth-order valence-electron chi connectivity index (χ4n) is 4.33. The largest absolute Gasteiger partial charge is 0.381 e. The van der Waals surface area contributed by atoms with E-state index in [1.54, 1.807) is 49.1 Å². The molecule has 0 aliphatic heterocycles. The molecule has 0 spiro atoms. The number of rotatable bonds is 4. The van der Waals surface area contributed by atoms with E-state index in [0.29, 0.717) is 39.3 Å². The van der Waals surface area contributed by atoms with Crippen molar-refractivity contribution >= 4 is 39.6 Å². The zero-order chi connectivity index (χ0) is 26.9. The van der Waals surface area contributed by atoms with Crippen molar-refractivity contribution in [3.8, 4) is 17.5 Å². The van der Waals surface area contributed by atoms with Crippen LogP contribution < -0.4 is 16.6 Å². The van der Waals surface area contributed by atoms with Crippen LogP contribution in [0.15, 0.2) is 82.7 Å². The second kappa shape index (κ2) is 9.85. The van der Waals surface area contributed by atoms with Crippen molar-refractivity contribution in [2.45, 2.75) is 13.0 Å². The standard InChI is InChI=1S/C28H20N8O2S/c1-17(32-27(37)23-24(29)34-35-14-6-13-30-26(23)35)25-33-21-10-5-7-18(11-12-19-15-39-16-31-19)22(21)28(38)36(25)20-8-3-2-4-9-20/h2-10,13-17H,1H3,(H2,29,34)(H,32,37). The first-order valence-electron chi connectivity index (χ1n) is 11.9. The van der Waals surface area contributed by atoms with E-state index in [0.717, 1.165) is 0 Å². The van der Waals surface area contributed by atoms with E-state index in [1.807, 2.05) is 35.7 Å². The molecule has 6 aromatic rings. The van der Waals surface area contributed by atoms with E-state index in [2.05, 4.69) is 32.2 Å². The number of hydrogen-bond acceptors (Lipinski definition) is 8. The van der Waals surface area contributed by atoms with E-state index in [1.165, 1.54) is 20.4 Å². The van der Waals surface area contributed by atoms with Gasteiger partial charge in [-0.1, -0.05) is 30.2 Å². The monoisotopic (exact) mass is 532 g/mol. The molecule has 39 heavy (non-hydrogen) atoms.